The van der Waals surface area contributed by atoms with Gasteiger partial charge in [0.25, 0.3) is 0 Å². The molecule has 6 nitrogen and oxygen atoms in total. The Hall–Kier alpha value is -4.06. The van der Waals surface area contributed by atoms with E-state index in [2.05, 4.69) is 20.5 Å². The second-order valence-corrected chi connectivity index (χ2v) is 6.53. The molecule has 1 heterocycles. The molecule has 0 aliphatic carbocycles. The van der Waals surface area contributed by atoms with Crippen molar-refractivity contribution in [2.24, 2.45) is 4.99 Å². The summed E-state index contributed by atoms with van der Waals surface area (Å²) in [4.78, 5) is 28.7. The summed E-state index contributed by atoms with van der Waals surface area (Å²) < 4.78 is 0. The lowest BCUT2D eigenvalue weighted by Gasteiger charge is -2.04. The van der Waals surface area contributed by atoms with Gasteiger partial charge in [-0.15, -0.1) is 0 Å². The molecule has 0 saturated carbocycles. The van der Waals surface area contributed by atoms with Gasteiger partial charge in [0.2, 0.25) is 11.7 Å². The summed E-state index contributed by atoms with van der Waals surface area (Å²) in [6.07, 6.45) is 1.69. The molecule has 0 spiro atoms. The van der Waals surface area contributed by atoms with Crippen molar-refractivity contribution in [1.29, 1.82) is 0 Å². The first-order valence-electron chi connectivity index (χ1n) is 9.10. The largest absolute Gasteiger partial charge is 0.326 e. The fourth-order valence-corrected chi connectivity index (χ4v) is 3.04. The maximum atomic E-state index is 13.1. The number of para-hydroxylation sites is 2. The lowest BCUT2D eigenvalue weighted by Crippen LogP contribution is -2.05. The Kier molecular flexibility index (Phi) is 4.99. The van der Waals surface area contributed by atoms with Crippen molar-refractivity contribution in [3.05, 3.63) is 89.6 Å². The lowest BCUT2D eigenvalue weighted by molar-refractivity contribution is -0.114. The van der Waals surface area contributed by atoms with Gasteiger partial charge in [0.1, 0.15) is 5.69 Å². The molecule has 4 rings (SSSR count). The van der Waals surface area contributed by atoms with Crippen molar-refractivity contribution >= 4 is 40.2 Å². The number of nitrogens with one attached hydrogen (secondary N) is 2. The fraction of sp³-hybridized carbons (Fsp3) is 0.0435. The molecular weight excluding hydrogens is 364 g/mol. The number of ketones is 1. The first-order valence-corrected chi connectivity index (χ1v) is 9.10. The van der Waals surface area contributed by atoms with Crippen LogP contribution in [0, 0.1) is 0 Å². The Morgan fingerprint density at radius 2 is 1.69 bits per heavy atom. The highest BCUT2D eigenvalue weighted by molar-refractivity contribution is 6.17. The molecular formula is C23H18N4O2. The molecule has 1 amide bonds. The van der Waals surface area contributed by atoms with Gasteiger partial charge in [0.15, 0.2) is 0 Å². The molecule has 0 radical (unpaired) electrons. The first kappa shape index (κ1) is 18.3. The monoisotopic (exact) mass is 382 g/mol. The van der Waals surface area contributed by atoms with Gasteiger partial charge >= 0.3 is 0 Å². The predicted octanol–water partition coefficient (Wildman–Crippen LogP) is 4.50. The van der Waals surface area contributed by atoms with E-state index in [-0.39, 0.29) is 11.7 Å². The second kappa shape index (κ2) is 7.90. The van der Waals surface area contributed by atoms with Crippen LogP contribution in [0.5, 0.6) is 0 Å². The standard InChI is InChI=1S/C23H18N4O2/c1-15(28)25-17-12-10-16(11-13-17)14-24-20-8-4-3-7-19(20)23(29)22-18-6-2-5-9-21(18)26-27-22/h2-14H,1H3,(H,25,28)(H,26,27). The molecule has 0 aliphatic heterocycles. The van der Waals surface area contributed by atoms with Crippen molar-refractivity contribution in [2.45, 2.75) is 6.92 Å². The fourth-order valence-electron chi connectivity index (χ4n) is 3.04. The Morgan fingerprint density at radius 1 is 0.966 bits per heavy atom. The molecule has 4 aromatic rings. The maximum absolute atomic E-state index is 13.1. The van der Waals surface area contributed by atoms with E-state index in [4.69, 9.17) is 0 Å². The summed E-state index contributed by atoms with van der Waals surface area (Å²) >= 11 is 0. The van der Waals surface area contributed by atoms with E-state index >= 15 is 0 Å². The van der Waals surface area contributed by atoms with Gasteiger partial charge in [0, 0.05) is 29.8 Å². The van der Waals surface area contributed by atoms with Crippen molar-refractivity contribution in [3.63, 3.8) is 0 Å². The third kappa shape index (κ3) is 3.96. The molecule has 6 heteroatoms. The van der Waals surface area contributed by atoms with Crippen LogP contribution in [-0.4, -0.2) is 28.1 Å². The zero-order valence-electron chi connectivity index (χ0n) is 15.7. The van der Waals surface area contributed by atoms with Crippen molar-refractivity contribution in [2.75, 3.05) is 5.32 Å². The summed E-state index contributed by atoms with van der Waals surface area (Å²) in [7, 11) is 0. The van der Waals surface area contributed by atoms with Crippen LogP contribution in [0.15, 0.2) is 77.8 Å². The number of rotatable bonds is 5. The minimum absolute atomic E-state index is 0.121. The number of aromatic nitrogens is 2. The highest BCUT2D eigenvalue weighted by atomic mass is 16.1. The number of carbonyl (C=O) groups excluding carboxylic acids is 2. The lowest BCUT2D eigenvalue weighted by atomic mass is 10.0. The average Bonchev–Trinajstić information content (AvgIpc) is 3.17. The Labute approximate surface area is 167 Å². The zero-order valence-corrected chi connectivity index (χ0v) is 15.7. The minimum atomic E-state index is -0.184. The number of carbonyl (C=O) groups is 2. The van der Waals surface area contributed by atoms with Crippen molar-refractivity contribution < 1.29 is 9.59 Å². The molecule has 0 atom stereocenters. The van der Waals surface area contributed by atoms with Crippen LogP contribution in [0.4, 0.5) is 11.4 Å². The molecule has 1 aromatic heterocycles. The summed E-state index contributed by atoms with van der Waals surface area (Å²) in [5.41, 5.74) is 3.81. The Morgan fingerprint density at radius 3 is 2.48 bits per heavy atom. The number of hydrogen-bond donors (Lipinski definition) is 2. The van der Waals surface area contributed by atoms with Crippen LogP contribution in [0.1, 0.15) is 28.5 Å². The van der Waals surface area contributed by atoms with E-state index in [1.54, 1.807) is 30.5 Å². The molecule has 0 aliphatic rings. The molecule has 29 heavy (non-hydrogen) atoms. The van der Waals surface area contributed by atoms with E-state index in [0.717, 1.165) is 22.2 Å². The number of nitrogens with zero attached hydrogens (tertiary/aromatic N) is 2. The average molecular weight is 382 g/mol. The van der Waals surface area contributed by atoms with Crippen LogP contribution in [0.2, 0.25) is 0 Å². The zero-order chi connectivity index (χ0) is 20.2. The SMILES string of the molecule is CC(=O)Nc1ccc(C=Nc2ccccc2C(=O)c2n[nH]c3ccccc23)cc1. The van der Waals surface area contributed by atoms with Crippen LogP contribution in [-0.2, 0) is 4.79 Å². The molecule has 0 fully saturated rings. The third-order valence-electron chi connectivity index (χ3n) is 4.42. The number of H-pyrrole nitrogens is 1. The van der Waals surface area contributed by atoms with Gasteiger partial charge in [-0.05, 0) is 35.9 Å². The molecule has 0 saturated heterocycles. The number of anilines is 1. The topological polar surface area (TPSA) is 87.2 Å². The second-order valence-electron chi connectivity index (χ2n) is 6.53. The number of benzene rings is 3. The van der Waals surface area contributed by atoms with Crippen LogP contribution in [0.3, 0.4) is 0 Å². The first-order chi connectivity index (χ1) is 14.1. The number of aliphatic imine (C=N–C) groups is 1. The molecule has 2 N–H and O–H groups in total. The smallest absolute Gasteiger partial charge is 0.221 e. The Balaban J connectivity index is 1.62. The summed E-state index contributed by atoms with van der Waals surface area (Å²) in [6, 6.07) is 22.0. The van der Waals surface area contributed by atoms with Gasteiger partial charge in [-0.1, -0.05) is 42.5 Å². The van der Waals surface area contributed by atoms with Crippen molar-refractivity contribution in [1.82, 2.24) is 10.2 Å². The summed E-state index contributed by atoms with van der Waals surface area (Å²) in [5, 5.41) is 10.6. The maximum Gasteiger partial charge on any atom is 0.221 e. The van der Waals surface area contributed by atoms with Gasteiger partial charge in [-0.3, -0.25) is 19.7 Å². The normalized spacial score (nSPS) is 11.1. The predicted molar refractivity (Wildman–Crippen MR) is 114 cm³/mol. The number of hydrogen-bond acceptors (Lipinski definition) is 4. The van der Waals surface area contributed by atoms with E-state index in [9.17, 15) is 9.59 Å². The van der Waals surface area contributed by atoms with E-state index < -0.39 is 0 Å². The van der Waals surface area contributed by atoms with Gasteiger partial charge in [-0.2, -0.15) is 5.10 Å². The molecule has 0 unspecified atom stereocenters. The summed E-state index contributed by atoms with van der Waals surface area (Å²) in [6.45, 7) is 1.46. The van der Waals surface area contributed by atoms with E-state index in [1.807, 2.05) is 48.5 Å². The van der Waals surface area contributed by atoms with E-state index in [0.29, 0.717) is 16.9 Å². The van der Waals surface area contributed by atoms with Crippen LogP contribution in [0.25, 0.3) is 10.9 Å². The number of amides is 1. The Bertz CT molecular complexity index is 1220. The highest BCUT2D eigenvalue weighted by Gasteiger charge is 2.18. The molecule has 3 aromatic carbocycles. The highest BCUT2D eigenvalue weighted by Crippen LogP contribution is 2.25. The van der Waals surface area contributed by atoms with Crippen LogP contribution >= 0.6 is 0 Å². The number of fused-ring (bicyclic) bond motifs is 1. The van der Waals surface area contributed by atoms with Crippen LogP contribution < -0.4 is 5.32 Å². The molecule has 0 bridgehead atoms. The number of aromatic amines is 1. The van der Waals surface area contributed by atoms with Gasteiger partial charge in [-0.25, -0.2) is 0 Å². The minimum Gasteiger partial charge on any atom is -0.326 e. The van der Waals surface area contributed by atoms with E-state index in [1.165, 1.54) is 6.92 Å². The van der Waals surface area contributed by atoms with Crippen molar-refractivity contribution in [3.8, 4) is 0 Å². The van der Waals surface area contributed by atoms with Gasteiger partial charge < -0.3 is 5.32 Å². The summed E-state index contributed by atoms with van der Waals surface area (Å²) in [5.74, 6) is -0.305. The van der Waals surface area contributed by atoms with Gasteiger partial charge in [0.05, 0.1) is 11.2 Å². The molecule has 142 valence electrons. The third-order valence-corrected chi connectivity index (χ3v) is 4.42. The quantitative estimate of drug-likeness (QED) is 0.393.